The highest BCUT2D eigenvalue weighted by Crippen LogP contribution is 2.23. The summed E-state index contributed by atoms with van der Waals surface area (Å²) in [6, 6.07) is 0.267. The van der Waals surface area contributed by atoms with Crippen molar-refractivity contribution in [3.05, 3.63) is 0 Å². The van der Waals surface area contributed by atoms with E-state index in [1.165, 1.54) is 0 Å². The summed E-state index contributed by atoms with van der Waals surface area (Å²) in [5, 5.41) is 0. The van der Waals surface area contributed by atoms with Gasteiger partial charge in [0.1, 0.15) is 0 Å². The van der Waals surface area contributed by atoms with Crippen LogP contribution in [0.15, 0.2) is 0 Å². The van der Waals surface area contributed by atoms with Gasteiger partial charge in [0.2, 0.25) is 0 Å². The molecule has 0 bridgehead atoms. The van der Waals surface area contributed by atoms with Gasteiger partial charge in [-0.05, 0) is 39.2 Å². The van der Waals surface area contributed by atoms with E-state index < -0.39 is 0 Å². The molecule has 0 aromatic rings. The van der Waals surface area contributed by atoms with Gasteiger partial charge in [-0.1, -0.05) is 20.8 Å². The minimum absolute atomic E-state index is 0.0243. The monoisotopic (exact) mass is 242 g/mol. The molecule has 1 aliphatic rings. The molecule has 0 saturated carbocycles. The highest BCUT2D eigenvalue weighted by Gasteiger charge is 2.31. The van der Waals surface area contributed by atoms with Gasteiger partial charge in [-0.25, -0.2) is 0 Å². The average Bonchev–Trinajstić information content (AvgIpc) is 2.09. The van der Waals surface area contributed by atoms with E-state index in [1.54, 1.807) is 0 Å². The maximum absolute atomic E-state index is 6.21. The number of morpholine rings is 1. The molecule has 102 valence electrons. The van der Waals surface area contributed by atoms with E-state index >= 15 is 0 Å². The predicted octanol–water partition coefficient (Wildman–Crippen LogP) is 2.25. The first-order valence-electron chi connectivity index (χ1n) is 6.76. The molecule has 0 amide bonds. The summed E-state index contributed by atoms with van der Waals surface area (Å²) in [7, 11) is 0. The van der Waals surface area contributed by atoms with Crippen molar-refractivity contribution in [1.82, 2.24) is 4.90 Å². The quantitative estimate of drug-likeness (QED) is 0.825. The van der Waals surface area contributed by atoms with Crippen LogP contribution in [0, 0.1) is 5.41 Å². The summed E-state index contributed by atoms with van der Waals surface area (Å²) in [4.78, 5) is 2.49. The van der Waals surface area contributed by atoms with Crippen molar-refractivity contribution >= 4 is 0 Å². The zero-order chi connectivity index (χ0) is 13.3. The summed E-state index contributed by atoms with van der Waals surface area (Å²) >= 11 is 0. The van der Waals surface area contributed by atoms with E-state index in [4.69, 9.17) is 10.5 Å². The molecule has 1 saturated heterocycles. The van der Waals surface area contributed by atoms with Gasteiger partial charge in [0.25, 0.3) is 0 Å². The Morgan fingerprint density at radius 3 is 2.47 bits per heavy atom. The van der Waals surface area contributed by atoms with Crippen LogP contribution >= 0.6 is 0 Å². The fraction of sp³-hybridized carbons (Fsp3) is 1.00. The molecule has 0 aliphatic carbocycles. The number of hydrogen-bond donors (Lipinski definition) is 1. The molecule has 3 nitrogen and oxygen atoms in total. The first-order valence-corrected chi connectivity index (χ1v) is 6.76. The molecular weight excluding hydrogens is 212 g/mol. The van der Waals surface area contributed by atoms with Gasteiger partial charge in [-0.3, -0.25) is 4.90 Å². The number of nitrogens with two attached hydrogens (primary N) is 1. The Morgan fingerprint density at radius 2 is 2.00 bits per heavy atom. The first kappa shape index (κ1) is 14.9. The van der Waals surface area contributed by atoms with E-state index in [0.717, 1.165) is 26.1 Å². The molecule has 1 heterocycles. The second-order valence-corrected chi connectivity index (χ2v) is 7.18. The third kappa shape index (κ3) is 4.94. The van der Waals surface area contributed by atoms with Gasteiger partial charge < -0.3 is 10.5 Å². The third-order valence-corrected chi connectivity index (χ3v) is 3.51. The molecule has 3 heteroatoms. The summed E-state index contributed by atoms with van der Waals surface area (Å²) < 4.78 is 5.91. The standard InChI is InChI=1S/C14H30N2O/c1-11-9-16(10-14(5,6)17-11)8-7-12(15)13(2,3)4/h11-12H,7-10,15H2,1-6H3. The molecule has 17 heavy (non-hydrogen) atoms. The molecule has 0 aromatic carbocycles. The Labute approximate surface area is 107 Å². The van der Waals surface area contributed by atoms with Crippen LogP contribution in [0.4, 0.5) is 0 Å². The average molecular weight is 242 g/mol. The molecule has 0 aromatic heterocycles. The van der Waals surface area contributed by atoms with Crippen molar-refractivity contribution in [1.29, 1.82) is 0 Å². The Balaban J connectivity index is 2.42. The molecule has 2 N–H and O–H groups in total. The van der Waals surface area contributed by atoms with Crippen LogP contribution in [0.2, 0.25) is 0 Å². The number of nitrogens with zero attached hydrogens (tertiary/aromatic N) is 1. The lowest BCUT2D eigenvalue weighted by Gasteiger charge is -2.42. The number of rotatable bonds is 3. The summed E-state index contributed by atoms with van der Waals surface area (Å²) in [6.45, 7) is 16.2. The topological polar surface area (TPSA) is 38.5 Å². The molecule has 0 spiro atoms. The van der Waals surface area contributed by atoms with Crippen LogP contribution < -0.4 is 5.73 Å². The Hall–Kier alpha value is -0.120. The predicted molar refractivity (Wildman–Crippen MR) is 73.1 cm³/mol. The van der Waals surface area contributed by atoms with E-state index in [1.807, 2.05) is 0 Å². The van der Waals surface area contributed by atoms with Crippen molar-refractivity contribution in [2.24, 2.45) is 11.1 Å². The maximum atomic E-state index is 6.21. The maximum Gasteiger partial charge on any atom is 0.0757 e. The highest BCUT2D eigenvalue weighted by atomic mass is 16.5. The molecule has 1 rings (SSSR count). The summed E-state index contributed by atoms with van der Waals surface area (Å²) in [5.74, 6) is 0. The molecule has 1 aliphatic heterocycles. The summed E-state index contributed by atoms with van der Waals surface area (Å²) in [6.07, 6.45) is 1.39. The molecule has 0 radical (unpaired) electrons. The Morgan fingerprint density at radius 1 is 1.41 bits per heavy atom. The van der Waals surface area contributed by atoms with Crippen molar-refractivity contribution in [2.45, 2.75) is 65.7 Å². The fourth-order valence-corrected chi connectivity index (χ4v) is 2.51. The second kappa shape index (κ2) is 5.25. The van der Waals surface area contributed by atoms with Crippen LogP contribution in [-0.4, -0.2) is 42.3 Å². The highest BCUT2D eigenvalue weighted by molar-refractivity contribution is 4.84. The van der Waals surface area contributed by atoms with Crippen LogP contribution in [0.1, 0.15) is 48.0 Å². The lowest BCUT2D eigenvalue weighted by Crippen LogP contribution is -2.52. The van der Waals surface area contributed by atoms with E-state index in [2.05, 4.69) is 46.4 Å². The SMILES string of the molecule is CC1CN(CCC(N)C(C)(C)C)CC(C)(C)O1. The van der Waals surface area contributed by atoms with E-state index in [-0.39, 0.29) is 17.1 Å². The smallest absolute Gasteiger partial charge is 0.0757 e. The van der Waals surface area contributed by atoms with E-state index in [9.17, 15) is 0 Å². The van der Waals surface area contributed by atoms with Crippen LogP contribution in [0.3, 0.4) is 0 Å². The Kier molecular flexibility index (Phi) is 4.61. The minimum atomic E-state index is -0.0243. The molecule has 2 atom stereocenters. The van der Waals surface area contributed by atoms with Crippen molar-refractivity contribution < 1.29 is 4.74 Å². The van der Waals surface area contributed by atoms with Crippen molar-refractivity contribution in [3.8, 4) is 0 Å². The van der Waals surface area contributed by atoms with Gasteiger partial charge >= 0.3 is 0 Å². The van der Waals surface area contributed by atoms with Gasteiger partial charge in [0.05, 0.1) is 11.7 Å². The first-order chi connectivity index (χ1) is 7.60. The zero-order valence-electron chi connectivity index (χ0n) is 12.4. The molecule has 1 fully saturated rings. The van der Waals surface area contributed by atoms with Gasteiger partial charge in [-0.2, -0.15) is 0 Å². The molecule has 2 unspecified atom stereocenters. The lowest BCUT2D eigenvalue weighted by molar-refractivity contribution is -0.129. The fourth-order valence-electron chi connectivity index (χ4n) is 2.51. The third-order valence-electron chi connectivity index (χ3n) is 3.51. The number of hydrogen-bond acceptors (Lipinski definition) is 3. The van der Waals surface area contributed by atoms with Crippen LogP contribution in [0.25, 0.3) is 0 Å². The normalized spacial score (nSPS) is 28.1. The van der Waals surface area contributed by atoms with Crippen molar-refractivity contribution in [2.75, 3.05) is 19.6 Å². The molecular formula is C14H30N2O. The van der Waals surface area contributed by atoms with Gasteiger partial charge in [0, 0.05) is 19.1 Å². The van der Waals surface area contributed by atoms with E-state index in [0.29, 0.717) is 6.10 Å². The summed E-state index contributed by atoms with van der Waals surface area (Å²) in [5.41, 5.74) is 6.39. The lowest BCUT2D eigenvalue weighted by atomic mass is 9.85. The van der Waals surface area contributed by atoms with Crippen molar-refractivity contribution in [3.63, 3.8) is 0 Å². The largest absolute Gasteiger partial charge is 0.370 e. The van der Waals surface area contributed by atoms with Crippen LogP contribution in [-0.2, 0) is 4.74 Å². The minimum Gasteiger partial charge on any atom is -0.370 e. The van der Waals surface area contributed by atoms with Gasteiger partial charge in [-0.15, -0.1) is 0 Å². The Bertz CT molecular complexity index is 245. The zero-order valence-corrected chi connectivity index (χ0v) is 12.4. The van der Waals surface area contributed by atoms with Gasteiger partial charge in [0.15, 0.2) is 0 Å². The van der Waals surface area contributed by atoms with Crippen LogP contribution in [0.5, 0.6) is 0 Å². The second-order valence-electron chi connectivity index (χ2n) is 7.18. The number of ether oxygens (including phenoxy) is 1.